The number of hydrogen-bond acceptors (Lipinski definition) is 2. The third kappa shape index (κ3) is 3.17. The average molecular weight is 322 g/mol. The number of rotatable bonds is 3. The summed E-state index contributed by atoms with van der Waals surface area (Å²) in [5.74, 6) is -0.160. The predicted molar refractivity (Wildman–Crippen MR) is 81.3 cm³/mol. The lowest BCUT2D eigenvalue weighted by molar-refractivity contribution is 0.101. The van der Waals surface area contributed by atoms with Gasteiger partial charge < -0.3 is 15.6 Å². The van der Waals surface area contributed by atoms with Gasteiger partial charge in [0, 0.05) is 22.4 Å². The summed E-state index contributed by atoms with van der Waals surface area (Å²) < 4.78 is 2.84. The molecular weight excluding hydrogens is 306 g/mol. The molecular formula is C14H16BrN3O. The van der Waals surface area contributed by atoms with Gasteiger partial charge in [-0.05, 0) is 44.2 Å². The zero-order valence-corrected chi connectivity index (χ0v) is 12.4. The molecule has 3 N–H and O–H groups in total. The van der Waals surface area contributed by atoms with E-state index in [-0.39, 0.29) is 11.9 Å². The molecule has 0 spiro atoms. The largest absolute Gasteiger partial charge is 0.397 e. The number of nitrogens with one attached hydrogen (secondary N) is 1. The van der Waals surface area contributed by atoms with E-state index in [0.717, 1.165) is 10.2 Å². The summed E-state index contributed by atoms with van der Waals surface area (Å²) in [6.07, 6.45) is 1.78. The van der Waals surface area contributed by atoms with Crippen LogP contribution in [0.25, 0.3) is 0 Å². The number of nitrogens with zero attached hydrogens (tertiary/aromatic N) is 1. The zero-order valence-electron chi connectivity index (χ0n) is 10.9. The third-order valence-corrected chi connectivity index (χ3v) is 3.29. The van der Waals surface area contributed by atoms with Crippen molar-refractivity contribution in [3.8, 4) is 0 Å². The van der Waals surface area contributed by atoms with E-state index in [1.807, 2.05) is 42.7 Å². The summed E-state index contributed by atoms with van der Waals surface area (Å²) in [5, 5.41) is 2.86. The standard InChI is InChI=1S/C14H16BrN3O/c1-9(2)18-8-11(16)7-13(18)14(19)17-12-5-3-10(15)4-6-12/h3-9H,16H2,1-2H3,(H,17,19). The van der Waals surface area contributed by atoms with Crippen molar-refractivity contribution in [3.63, 3.8) is 0 Å². The lowest BCUT2D eigenvalue weighted by Crippen LogP contribution is -2.17. The Kier molecular flexibility index (Phi) is 3.95. The summed E-state index contributed by atoms with van der Waals surface area (Å²) in [6.45, 7) is 4.02. The van der Waals surface area contributed by atoms with Gasteiger partial charge in [-0.25, -0.2) is 0 Å². The minimum atomic E-state index is -0.160. The number of aromatic nitrogens is 1. The smallest absolute Gasteiger partial charge is 0.272 e. The van der Waals surface area contributed by atoms with Crippen LogP contribution in [-0.4, -0.2) is 10.5 Å². The molecule has 4 nitrogen and oxygen atoms in total. The summed E-state index contributed by atoms with van der Waals surface area (Å²) in [5.41, 5.74) is 7.67. The predicted octanol–water partition coefficient (Wildman–Crippen LogP) is 3.67. The molecule has 1 aromatic heterocycles. The maximum Gasteiger partial charge on any atom is 0.272 e. The summed E-state index contributed by atoms with van der Waals surface area (Å²) >= 11 is 3.36. The molecule has 100 valence electrons. The number of anilines is 2. The van der Waals surface area contributed by atoms with Crippen LogP contribution in [0.15, 0.2) is 41.0 Å². The number of halogens is 1. The van der Waals surface area contributed by atoms with E-state index in [1.54, 1.807) is 12.3 Å². The Labute approximate surface area is 120 Å². The molecule has 1 amide bonds. The minimum absolute atomic E-state index is 0.160. The number of benzene rings is 1. The highest BCUT2D eigenvalue weighted by atomic mass is 79.9. The van der Waals surface area contributed by atoms with Crippen LogP contribution < -0.4 is 11.1 Å². The van der Waals surface area contributed by atoms with E-state index in [1.165, 1.54) is 0 Å². The van der Waals surface area contributed by atoms with Crippen molar-refractivity contribution < 1.29 is 4.79 Å². The van der Waals surface area contributed by atoms with E-state index >= 15 is 0 Å². The van der Waals surface area contributed by atoms with Crippen molar-refractivity contribution >= 4 is 33.2 Å². The van der Waals surface area contributed by atoms with Crippen molar-refractivity contribution in [2.75, 3.05) is 11.1 Å². The first-order chi connectivity index (χ1) is 8.97. The number of carbonyl (C=O) groups excluding carboxylic acids is 1. The van der Waals surface area contributed by atoms with Crippen molar-refractivity contribution in [2.45, 2.75) is 19.9 Å². The first kappa shape index (κ1) is 13.7. The number of nitrogen functional groups attached to an aromatic ring is 1. The molecule has 0 saturated carbocycles. The van der Waals surface area contributed by atoms with Crippen LogP contribution in [0.1, 0.15) is 30.4 Å². The van der Waals surface area contributed by atoms with Crippen molar-refractivity contribution in [1.29, 1.82) is 0 Å². The van der Waals surface area contributed by atoms with Gasteiger partial charge in [-0.3, -0.25) is 4.79 Å². The van der Waals surface area contributed by atoms with E-state index in [4.69, 9.17) is 5.73 Å². The Balaban J connectivity index is 2.22. The fourth-order valence-electron chi connectivity index (χ4n) is 1.84. The van der Waals surface area contributed by atoms with Gasteiger partial charge in [0.2, 0.25) is 0 Å². The monoisotopic (exact) mass is 321 g/mol. The minimum Gasteiger partial charge on any atom is -0.397 e. The maximum absolute atomic E-state index is 12.2. The second-order valence-corrected chi connectivity index (χ2v) is 5.54. The van der Waals surface area contributed by atoms with Crippen LogP contribution in [0.4, 0.5) is 11.4 Å². The van der Waals surface area contributed by atoms with Gasteiger partial charge in [0.1, 0.15) is 5.69 Å². The van der Waals surface area contributed by atoms with E-state index in [0.29, 0.717) is 11.4 Å². The Morgan fingerprint density at radius 1 is 1.32 bits per heavy atom. The molecule has 1 heterocycles. The third-order valence-electron chi connectivity index (χ3n) is 2.76. The fraction of sp³-hybridized carbons (Fsp3) is 0.214. The van der Waals surface area contributed by atoms with Crippen LogP contribution in [0.5, 0.6) is 0 Å². The molecule has 2 rings (SSSR count). The zero-order chi connectivity index (χ0) is 14.0. The molecule has 5 heteroatoms. The van der Waals surface area contributed by atoms with Crippen LogP contribution in [0.2, 0.25) is 0 Å². The molecule has 0 unspecified atom stereocenters. The molecule has 19 heavy (non-hydrogen) atoms. The number of hydrogen-bond donors (Lipinski definition) is 2. The van der Waals surface area contributed by atoms with Crippen molar-refractivity contribution in [2.24, 2.45) is 0 Å². The van der Waals surface area contributed by atoms with Crippen LogP contribution in [-0.2, 0) is 0 Å². The molecule has 0 aliphatic carbocycles. The molecule has 0 radical (unpaired) electrons. The highest BCUT2D eigenvalue weighted by Gasteiger charge is 2.14. The molecule has 0 fully saturated rings. The van der Waals surface area contributed by atoms with Gasteiger partial charge in [-0.2, -0.15) is 0 Å². The van der Waals surface area contributed by atoms with Crippen LogP contribution >= 0.6 is 15.9 Å². The Morgan fingerprint density at radius 3 is 2.53 bits per heavy atom. The Hall–Kier alpha value is -1.75. The quantitative estimate of drug-likeness (QED) is 0.906. The molecule has 0 bridgehead atoms. The van der Waals surface area contributed by atoms with E-state index < -0.39 is 0 Å². The van der Waals surface area contributed by atoms with E-state index in [9.17, 15) is 4.79 Å². The van der Waals surface area contributed by atoms with Gasteiger partial charge in [-0.1, -0.05) is 15.9 Å². The topological polar surface area (TPSA) is 60.0 Å². The fourth-order valence-corrected chi connectivity index (χ4v) is 2.10. The first-order valence-electron chi connectivity index (χ1n) is 6.01. The van der Waals surface area contributed by atoms with Crippen LogP contribution in [0.3, 0.4) is 0 Å². The van der Waals surface area contributed by atoms with Gasteiger partial charge >= 0.3 is 0 Å². The molecule has 0 aliphatic heterocycles. The summed E-state index contributed by atoms with van der Waals surface area (Å²) in [6, 6.07) is 9.32. The molecule has 2 aromatic rings. The van der Waals surface area contributed by atoms with E-state index in [2.05, 4.69) is 21.2 Å². The summed E-state index contributed by atoms with van der Waals surface area (Å²) in [7, 11) is 0. The summed E-state index contributed by atoms with van der Waals surface area (Å²) in [4.78, 5) is 12.2. The molecule has 0 atom stereocenters. The lowest BCUT2D eigenvalue weighted by atomic mass is 10.3. The van der Waals surface area contributed by atoms with Crippen molar-refractivity contribution in [1.82, 2.24) is 4.57 Å². The Bertz CT molecular complexity index is 587. The molecule has 1 aromatic carbocycles. The SMILES string of the molecule is CC(C)n1cc(N)cc1C(=O)Nc1ccc(Br)cc1. The molecule has 0 saturated heterocycles. The van der Waals surface area contributed by atoms with Gasteiger partial charge in [0.05, 0.1) is 5.69 Å². The normalized spacial score (nSPS) is 10.7. The maximum atomic E-state index is 12.2. The average Bonchev–Trinajstić information content (AvgIpc) is 2.74. The lowest BCUT2D eigenvalue weighted by Gasteiger charge is -2.12. The van der Waals surface area contributed by atoms with Crippen molar-refractivity contribution in [3.05, 3.63) is 46.7 Å². The highest BCUT2D eigenvalue weighted by molar-refractivity contribution is 9.10. The Morgan fingerprint density at radius 2 is 1.95 bits per heavy atom. The number of amides is 1. The highest BCUT2D eigenvalue weighted by Crippen LogP contribution is 2.19. The van der Waals surface area contributed by atoms with Crippen LogP contribution in [0, 0.1) is 0 Å². The number of carbonyl (C=O) groups is 1. The first-order valence-corrected chi connectivity index (χ1v) is 6.81. The second-order valence-electron chi connectivity index (χ2n) is 4.62. The van der Waals surface area contributed by atoms with Gasteiger partial charge in [-0.15, -0.1) is 0 Å². The van der Waals surface area contributed by atoms with Gasteiger partial charge in [0.15, 0.2) is 0 Å². The molecule has 0 aliphatic rings. The second kappa shape index (κ2) is 5.48. The van der Waals surface area contributed by atoms with Gasteiger partial charge in [0.25, 0.3) is 5.91 Å². The number of nitrogens with two attached hydrogens (primary N) is 1.